The van der Waals surface area contributed by atoms with Crippen LogP contribution in [0.4, 0.5) is 11.4 Å². The van der Waals surface area contributed by atoms with Gasteiger partial charge in [-0.15, -0.1) is 0 Å². The first kappa shape index (κ1) is 14.9. The number of nitrogens with zero attached hydrogens (tertiary/aromatic N) is 1. The number of hydrogen-bond acceptors (Lipinski definition) is 4. The molecule has 6 heteroatoms. The van der Waals surface area contributed by atoms with Crippen LogP contribution in [0.25, 0.3) is 0 Å². The lowest BCUT2D eigenvalue weighted by molar-refractivity contribution is 0.601. The number of nitrogens with one attached hydrogen (secondary N) is 1. The van der Waals surface area contributed by atoms with E-state index < -0.39 is 10.0 Å². The van der Waals surface area contributed by atoms with Crippen molar-refractivity contribution in [2.45, 2.75) is 18.7 Å². The van der Waals surface area contributed by atoms with Crippen LogP contribution in [0, 0.1) is 25.2 Å². The fraction of sp³-hybridized carbons (Fsp3) is 0.133. The van der Waals surface area contributed by atoms with Gasteiger partial charge in [0.1, 0.15) is 6.07 Å². The van der Waals surface area contributed by atoms with E-state index in [1.807, 2.05) is 6.07 Å². The van der Waals surface area contributed by atoms with Crippen LogP contribution in [0.5, 0.6) is 0 Å². The predicted molar refractivity (Wildman–Crippen MR) is 82.3 cm³/mol. The summed E-state index contributed by atoms with van der Waals surface area (Å²) in [6.07, 6.45) is 0. The standard InChI is InChI=1S/C15H15N3O2S/c1-10-4-3-5-15(13(10)9-16)18-21(19,20)12-6-7-14(17)11(2)8-12/h3-8,18H,17H2,1-2H3. The molecule has 0 aliphatic rings. The zero-order chi connectivity index (χ0) is 15.6. The molecule has 2 aromatic carbocycles. The van der Waals surface area contributed by atoms with Gasteiger partial charge in [-0.25, -0.2) is 8.42 Å². The molecule has 0 heterocycles. The summed E-state index contributed by atoms with van der Waals surface area (Å²) >= 11 is 0. The lowest BCUT2D eigenvalue weighted by Gasteiger charge is -2.11. The SMILES string of the molecule is Cc1cc(S(=O)(=O)Nc2cccc(C)c2C#N)ccc1N. The lowest BCUT2D eigenvalue weighted by atomic mass is 10.1. The number of nitriles is 1. The van der Waals surface area contributed by atoms with Gasteiger partial charge in [0, 0.05) is 5.69 Å². The van der Waals surface area contributed by atoms with E-state index in [1.54, 1.807) is 38.1 Å². The molecule has 0 amide bonds. The first-order valence-corrected chi connectivity index (χ1v) is 7.72. The second-order valence-corrected chi connectivity index (χ2v) is 6.42. The van der Waals surface area contributed by atoms with Gasteiger partial charge in [-0.2, -0.15) is 5.26 Å². The first-order chi connectivity index (χ1) is 9.85. The summed E-state index contributed by atoms with van der Waals surface area (Å²) in [5, 5.41) is 9.15. The van der Waals surface area contributed by atoms with Crippen molar-refractivity contribution in [2.24, 2.45) is 0 Å². The van der Waals surface area contributed by atoms with Gasteiger partial charge in [0.15, 0.2) is 0 Å². The Morgan fingerprint density at radius 2 is 1.86 bits per heavy atom. The second-order valence-electron chi connectivity index (χ2n) is 4.73. The minimum absolute atomic E-state index is 0.111. The number of nitrogen functional groups attached to an aromatic ring is 1. The molecule has 0 aromatic heterocycles. The van der Waals surface area contributed by atoms with Gasteiger partial charge >= 0.3 is 0 Å². The molecule has 0 saturated carbocycles. The Morgan fingerprint density at radius 3 is 2.48 bits per heavy atom. The Morgan fingerprint density at radius 1 is 1.14 bits per heavy atom. The number of rotatable bonds is 3. The summed E-state index contributed by atoms with van der Waals surface area (Å²) in [5.41, 5.74) is 8.20. The molecule has 3 N–H and O–H groups in total. The molecule has 21 heavy (non-hydrogen) atoms. The highest BCUT2D eigenvalue weighted by Gasteiger charge is 2.17. The molecule has 0 aliphatic heterocycles. The van der Waals surface area contributed by atoms with Crippen LogP contribution >= 0.6 is 0 Å². The molecular formula is C15H15N3O2S. The number of anilines is 2. The molecule has 0 atom stereocenters. The van der Waals surface area contributed by atoms with Gasteiger partial charge in [0.25, 0.3) is 10.0 Å². The van der Waals surface area contributed by atoms with Crippen LogP contribution in [0.3, 0.4) is 0 Å². The number of aryl methyl sites for hydroxylation is 2. The van der Waals surface area contributed by atoms with Crippen molar-refractivity contribution in [3.05, 3.63) is 53.1 Å². The zero-order valence-corrected chi connectivity index (χ0v) is 12.5. The smallest absolute Gasteiger partial charge is 0.261 e. The summed E-state index contributed by atoms with van der Waals surface area (Å²) in [6.45, 7) is 3.49. The van der Waals surface area contributed by atoms with Crippen molar-refractivity contribution in [3.8, 4) is 6.07 Å². The Kier molecular flexibility index (Phi) is 3.87. The number of nitrogens with two attached hydrogens (primary N) is 1. The van der Waals surface area contributed by atoms with Crippen LogP contribution in [0.1, 0.15) is 16.7 Å². The quantitative estimate of drug-likeness (QED) is 0.851. The average Bonchev–Trinajstić information content (AvgIpc) is 2.41. The highest BCUT2D eigenvalue weighted by Crippen LogP contribution is 2.23. The van der Waals surface area contributed by atoms with E-state index in [2.05, 4.69) is 4.72 Å². The van der Waals surface area contributed by atoms with Gasteiger partial charge in [-0.05, 0) is 49.2 Å². The number of hydrogen-bond donors (Lipinski definition) is 2. The van der Waals surface area contributed by atoms with Crippen LogP contribution in [-0.2, 0) is 10.0 Å². The maximum atomic E-state index is 12.4. The van der Waals surface area contributed by atoms with Crippen molar-refractivity contribution in [2.75, 3.05) is 10.5 Å². The molecular weight excluding hydrogens is 286 g/mol. The summed E-state index contributed by atoms with van der Waals surface area (Å²) in [4.78, 5) is 0.111. The van der Waals surface area contributed by atoms with Crippen molar-refractivity contribution < 1.29 is 8.42 Å². The molecule has 108 valence electrons. The minimum atomic E-state index is -3.76. The second kappa shape index (κ2) is 5.46. The molecule has 2 aromatic rings. The number of benzene rings is 2. The van der Waals surface area contributed by atoms with Crippen LogP contribution in [0.15, 0.2) is 41.3 Å². The third kappa shape index (κ3) is 2.98. The van der Waals surface area contributed by atoms with Crippen LogP contribution in [0.2, 0.25) is 0 Å². The van der Waals surface area contributed by atoms with Gasteiger partial charge in [0.05, 0.1) is 16.1 Å². The molecule has 0 bridgehead atoms. The average molecular weight is 301 g/mol. The summed E-state index contributed by atoms with van der Waals surface area (Å²) in [6, 6.07) is 11.5. The Labute approximate surface area is 124 Å². The molecule has 0 saturated heterocycles. The van der Waals surface area contributed by atoms with Crippen molar-refractivity contribution >= 4 is 21.4 Å². The van der Waals surface area contributed by atoms with Crippen molar-refractivity contribution in [1.82, 2.24) is 0 Å². The van der Waals surface area contributed by atoms with E-state index in [0.717, 1.165) is 0 Å². The molecule has 2 rings (SSSR count). The maximum Gasteiger partial charge on any atom is 0.261 e. The predicted octanol–water partition coefficient (Wildman–Crippen LogP) is 2.56. The fourth-order valence-electron chi connectivity index (χ4n) is 1.92. The molecule has 0 unspecified atom stereocenters. The minimum Gasteiger partial charge on any atom is -0.399 e. The zero-order valence-electron chi connectivity index (χ0n) is 11.7. The molecule has 0 radical (unpaired) electrons. The topological polar surface area (TPSA) is 96.0 Å². The molecule has 0 aliphatic carbocycles. The van der Waals surface area contributed by atoms with E-state index in [9.17, 15) is 8.42 Å². The number of sulfonamides is 1. The molecule has 0 spiro atoms. The van der Waals surface area contributed by atoms with E-state index in [1.165, 1.54) is 12.1 Å². The Balaban J connectivity index is 2.45. The summed E-state index contributed by atoms with van der Waals surface area (Å²) in [5.74, 6) is 0. The molecule has 0 fully saturated rings. The lowest BCUT2D eigenvalue weighted by Crippen LogP contribution is -2.14. The molecule has 5 nitrogen and oxygen atoms in total. The van der Waals surface area contributed by atoms with E-state index in [-0.39, 0.29) is 10.6 Å². The van der Waals surface area contributed by atoms with Crippen molar-refractivity contribution in [3.63, 3.8) is 0 Å². The first-order valence-electron chi connectivity index (χ1n) is 6.24. The van der Waals surface area contributed by atoms with Gasteiger partial charge in [0.2, 0.25) is 0 Å². The highest BCUT2D eigenvalue weighted by molar-refractivity contribution is 7.92. The highest BCUT2D eigenvalue weighted by atomic mass is 32.2. The third-order valence-corrected chi connectivity index (χ3v) is 4.54. The fourth-order valence-corrected chi connectivity index (χ4v) is 3.08. The van der Waals surface area contributed by atoms with Gasteiger partial charge in [-0.3, -0.25) is 4.72 Å². The van der Waals surface area contributed by atoms with Crippen molar-refractivity contribution in [1.29, 1.82) is 5.26 Å². The van der Waals surface area contributed by atoms with Crippen LogP contribution < -0.4 is 10.5 Å². The van der Waals surface area contributed by atoms with E-state index in [4.69, 9.17) is 11.0 Å². The van der Waals surface area contributed by atoms with Gasteiger partial charge < -0.3 is 5.73 Å². The monoisotopic (exact) mass is 301 g/mol. The van der Waals surface area contributed by atoms with E-state index in [0.29, 0.717) is 22.4 Å². The van der Waals surface area contributed by atoms with Crippen LogP contribution in [-0.4, -0.2) is 8.42 Å². The maximum absolute atomic E-state index is 12.4. The summed E-state index contributed by atoms with van der Waals surface area (Å²) < 4.78 is 27.2. The Bertz CT molecular complexity index is 836. The van der Waals surface area contributed by atoms with Gasteiger partial charge in [-0.1, -0.05) is 12.1 Å². The largest absolute Gasteiger partial charge is 0.399 e. The van der Waals surface area contributed by atoms with E-state index >= 15 is 0 Å². The normalized spacial score (nSPS) is 10.9. The third-order valence-electron chi connectivity index (χ3n) is 3.18. The Hall–Kier alpha value is -2.52. The summed E-state index contributed by atoms with van der Waals surface area (Å²) in [7, 11) is -3.76.